The lowest BCUT2D eigenvalue weighted by Crippen LogP contribution is -2.37. The quantitative estimate of drug-likeness (QED) is 0.824. The van der Waals surface area contributed by atoms with E-state index in [2.05, 4.69) is 5.16 Å². The molecular weight excluding hydrogens is 224 g/mol. The monoisotopic (exact) mass is 238 g/mol. The fourth-order valence-corrected chi connectivity index (χ4v) is 1.67. The van der Waals surface area contributed by atoms with Crippen LogP contribution in [-0.2, 0) is 4.79 Å². The molecule has 6 heteroatoms. The van der Waals surface area contributed by atoms with Crippen LogP contribution in [0, 0.1) is 12.8 Å². The number of hydrogen-bond donors (Lipinski definition) is 1. The third kappa shape index (κ3) is 2.83. The van der Waals surface area contributed by atoms with E-state index in [-0.39, 0.29) is 12.5 Å². The minimum atomic E-state index is -1.01. The van der Waals surface area contributed by atoms with Crippen LogP contribution in [0.1, 0.15) is 29.0 Å². The van der Waals surface area contributed by atoms with Gasteiger partial charge in [-0.1, -0.05) is 5.16 Å². The molecular formula is C11H14N2O4. The average molecular weight is 238 g/mol. The minimum absolute atomic E-state index is 0.278. The fraction of sp³-hybridized carbons (Fsp3) is 0.545. The highest BCUT2D eigenvalue weighted by atomic mass is 16.5. The van der Waals surface area contributed by atoms with Gasteiger partial charge in [0, 0.05) is 6.54 Å². The third-order valence-electron chi connectivity index (χ3n) is 2.77. The summed E-state index contributed by atoms with van der Waals surface area (Å²) >= 11 is 0. The van der Waals surface area contributed by atoms with Crippen molar-refractivity contribution in [3.05, 3.63) is 17.5 Å². The van der Waals surface area contributed by atoms with Gasteiger partial charge in [0.1, 0.15) is 17.9 Å². The molecule has 1 amide bonds. The Morgan fingerprint density at radius 2 is 2.29 bits per heavy atom. The Kier molecular flexibility index (Phi) is 3.12. The number of carboxylic acid groups (broad SMARTS) is 1. The molecule has 0 unspecified atom stereocenters. The van der Waals surface area contributed by atoms with Crippen molar-refractivity contribution in [2.75, 3.05) is 13.1 Å². The van der Waals surface area contributed by atoms with Gasteiger partial charge in [0.15, 0.2) is 0 Å². The molecule has 0 saturated heterocycles. The topological polar surface area (TPSA) is 83.6 Å². The molecule has 0 radical (unpaired) electrons. The largest absolute Gasteiger partial charge is 0.480 e. The van der Waals surface area contributed by atoms with E-state index in [9.17, 15) is 9.59 Å². The van der Waals surface area contributed by atoms with Crippen LogP contribution in [-0.4, -0.2) is 40.1 Å². The second kappa shape index (κ2) is 4.57. The maximum absolute atomic E-state index is 12.1. The molecule has 0 spiro atoms. The van der Waals surface area contributed by atoms with E-state index < -0.39 is 5.97 Å². The summed E-state index contributed by atoms with van der Waals surface area (Å²) in [5, 5.41) is 12.3. The number of carbonyl (C=O) groups excluding carboxylic acids is 1. The van der Waals surface area contributed by atoms with Crippen LogP contribution in [0.25, 0.3) is 0 Å². The predicted octanol–water partition coefficient (Wildman–Crippen LogP) is 0.920. The maximum Gasteiger partial charge on any atom is 0.323 e. The van der Waals surface area contributed by atoms with Crippen LogP contribution >= 0.6 is 0 Å². The zero-order valence-electron chi connectivity index (χ0n) is 9.55. The molecule has 0 bridgehead atoms. The summed E-state index contributed by atoms with van der Waals surface area (Å²) in [6.45, 7) is 1.85. The molecule has 1 aromatic rings. The highest BCUT2D eigenvalue weighted by Crippen LogP contribution is 2.30. The van der Waals surface area contributed by atoms with Gasteiger partial charge >= 0.3 is 5.97 Å². The number of amides is 1. The normalized spacial score (nSPS) is 14.6. The summed E-state index contributed by atoms with van der Waals surface area (Å²) in [5.41, 5.74) is 0.340. The predicted molar refractivity (Wildman–Crippen MR) is 57.5 cm³/mol. The summed E-state index contributed by atoms with van der Waals surface area (Å²) in [7, 11) is 0. The van der Waals surface area contributed by atoms with Gasteiger partial charge in [-0.25, -0.2) is 0 Å². The number of aromatic nitrogens is 1. The molecule has 17 heavy (non-hydrogen) atoms. The minimum Gasteiger partial charge on any atom is -0.480 e. The van der Waals surface area contributed by atoms with Crippen LogP contribution in [0.3, 0.4) is 0 Å². The SMILES string of the molecule is Cc1oncc1C(=O)N(CC(=O)O)CC1CC1. The van der Waals surface area contributed by atoms with Gasteiger partial charge in [-0.05, 0) is 25.7 Å². The molecule has 92 valence electrons. The Morgan fingerprint density at radius 3 is 2.76 bits per heavy atom. The van der Waals surface area contributed by atoms with Gasteiger partial charge in [-0.15, -0.1) is 0 Å². The van der Waals surface area contributed by atoms with E-state index in [1.807, 2.05) is 0 Å². The van der Waals surface area contributed by atoms with Crippen molar-refractivity contribution in [3.8, 4) is 0 Å². The van der Waals surface area contributed by atoms with Crippen molar-refractivity contribution in [2.45, 2.75) is 19.8 Å². The Bertz CT molecular complexity index is 436. The van der Waals surface area contributed by atoms with Crippen molar-refractivity contribution in [1.29, 1.82) is 0 Å². The second-order valence-corrected chi connectivity index (χ2v) is 4.32. The Morgan fingerprint density at radius 1 is 1.59 bits per heavy atom. The van der Waals surface area contributed by atoms with Gasteiger partial charge in [0.2, 0.25) is 0 Å². The summed E-state index contributed by atoms with van der Waals surface area (Å²) in [6.07, 6.45) is 3.46. The lowest BCUT2D eigenvalue weighted by molar-refractivity contribution is -0.137. The van der Waals surface area contributed by atoms with Crippen LogP contribution in [0.4, 0.5) is 0 Å². The number of carbonyl (C=O) groups is 2. The van der Waals surface area contributed by atoms with Crippen molar-refractivity contribution >= 4 is 11.9 Å². The van der Waals surface area contributed by atoms with Gasteiger partial charge in [0.25, 0.3) is 5.91 Å². The molecule has 2 rings (SSSR count). The summed E-state index contributed by atoms with van der Waals surface area (Å²) in [5.74, 6) is -0.467. The smallest absolute Gasteiger partial charge is 0.323 e. The van der Waals surface area contributed by atoms with Gasteiger partial charge in [-0.2, -0.15) is 0 Å². The van der Waals surface area contributed by atoms with Crippen LogP contribution in [0.2, 0.25) is 0 Å². The summed E-state index contributed by atoms with van der Waals surface area (Å²) in [4.78, 5) is 24.2. The van der Waals surface area contributed by atoms with E-state index in [1.165, 1.54) is 11.1 Å². The average Bonchev–Trinajstić information content (AvgIpc) is 2.97. The number of aryl methyl sites for hydroxylation is 1. The summed E-state index contributed by atoms with van der Waals surface area (Å²) in [6, 6.07) is 0. The Labute approximate surface area is 98.2 Å². The van der Waals surface area contributed by atoms with Crippen LogP contribution in [0.5, 0.6) is 0 Å². The van der Waals surface area contributed by atoms with E-state index in [1.54, 1.807) is 6.92 Å². The van der Waals surface area contributed by atoms with Crippen molar-refractivity contribution in [3.63, 3.8) is 0 Å². The third-order valence-corrected chi connectivity index (χ3v) is 2.77. The number of carboxylic acids is 1. The standard InChI is InChI=1S/C11H14N2O4/c1-7-9(4-12-17-7)11(16)13(6-10(14)15)5-8-2-3-8/h4,8H,2-3,5-6H2,1H3,(H,14,15). The lowest BCUT2D eigenvalue weighted by Gasteiger charge is -2.19. The van der Waals surface area contributed by atoms with Crippen molar-refractivity contribution in [1.82, 2.24) is 10.1 Å². The molecule has 0 atom stereocenters. The van der Waals surface area contributed by atoms with Crippen LogP contribution in [0.15, 0.2) is 10.7 Å². The molecule has 6 nitrogen and oxygen atoms in total. The first-order valence-electron chi connectivity index (χ1n) is 5.50. The van der Waals surface area contributed by atoms with Crippen LogP contribution < -0.4 is 0 Å². The van der Waals surface area contributed by atoms with Crippen molar-refractivity contribution < 1.29 is 19.2 Å². The Balaban J connectivity index is 2.10. The first kappa shape index (κ1) is 11.6. The highest BCUT2D eigenvalue weighted by molar-refractivity contribution is 5.96. The zero-order chi connectivity index (χ0) is 12.4. The first-order valence-corrected chi connectivity index (χ1v) is 5.50. The molecule has 1 aliphatic carbocycles. The first-order chi connectivity index (χ1) is 8.08. The molecule has 1 fully saturated rings. The van der Waals surface area contributed by atoms with E-state index >= 15 is 0 Å². The maximum atomic E-state index is 12.1. The molecule has 1 aromatic heterocycles. The number of hydrogen-bond acceptors (Lipinski definition) is 4. The summed E-state index contributed by atoms with van der Waals surface area (Å²) < 4.78 is 4.82. The molecule has 1 saturated carbocycles. The molecule has 0 aliphatic heterocycles. The molecule has 1 heterocycles. The molecule has 1 aliphatic rings. The molecule has 1 N–H and O–H groups in total. The van der Waals surface area contributed by atoms with Gasteiger partial charge in [0.05, 0.1) is 6.20 Å². The lowest BCUT2D eigenvalue weighted by atomic mass is 10.2. The van der Waals surface area contributed by atoms with E-state index in [4.69, 9.17) is 9.63 Å². The van der Waals surface area contributed by atoms with E-state index in [0.717, 1.165) is 12.8 Å². The highest BCUT2D eigenvalue weighted by Gasteiger charge is 2.29. The number of nitrogens with zero attached hydrogens (tertiary/aromatic N) is 2. The number of aliphatic carboxylic acids is 1. The van der Waals surface area contributed by atoms with Crippen molar-refractivity contribution in [2.24, 2.45) is 5.92 Å². The Hall–Kier alpha value is -1.85. The van der Waals surface area contributed by atoms with Gasteiger partial charge in [-0.3, -0.25) is 9.59 Å². The number of rotatable bonds is 5. The molecule has 0 aromatic carbocycles. The van der Waals surface area contributed by atoms with Gasteiger partial charge < -0.3 is 14.5 Å². The fourth-order valence-electron chi connectivity index (χ4n) is 1.67. The zero-order valence-corrected chi connectivity index (χ0v) is 9.55. The van der Waals surface area contributed by atoms with E-state index in [0.29, 0.717) is 23.8 Å². The second-order valence-electron chi connectivity index (χ2n) is 4.32.